The van der Waals surface area contributed by atoms with Gasteiger partial charge in [-0.15, -0.1) is 11.3 Å². The summed E-state index contributed by atoms with van der Waals surface area (Å²) in [7, 11) is 0. The third kappa shape index (κ3) is 4.71. The van der Waals surface area contributed by atoms with Gasteiger partial charge >= 0.3 is 5.97 Å². The molecule has 152 valence electrons. The van der Waals surface area contributed by atoms with Crippen molar-refractivity contribution < 1.29 is 14.3 Å². The molecule has 0 atom stereocenters. The van der Waals surface area contributed by atoms with E-state index in [1.165, 1.54) is 10.5 Å². The van der Waals surface area contributed by atoms with Gasteiger partial charge in [-0.05, 0) is 43.2 Å². The number of nitrogens with one attached hydrogen (secondary N) is 1. The molecule has 0 spiro atoms. The lowest BCUT2D eigenvalue weighted by Gasteiger charge is -2.16. The maximum absolute atomic E-state index is 12.5. The minimum absolute atomic E-state index is 0.112. The number of thiophene rings is 1. The minimum Gasteiger partial charge on any atom is -0.455 e. The number of carbonyl (C=O) groups is 2. The first kappa shape index (κ1) is 20.7. The Bertz CT molecular complexity index is 1150. The molecule has 3 aromatic rings. The van der Waals surface area contributed by atoms with Crippen molar-refractivity contribution in [2.45, 2.75) is 41.2 Å². The van der Waals surface area contributed by atoms with Crippen LogP contribution in [0.15, 0.2) is 35.3 Å². The number of aromatic nitrogens is 2. The zero-order chi connectivity index (χ0) is 21.3. The van der Waals surface area contributed by atoms with Crippen molar-refractivity contribution in [3.63, 3.8) is 0 Å². The molecule has 3 heterocycles. The number of hydrogen-bond acceptors (Lipinski definition) is 6. The van der Waals surface area contributed by atoms with E-state index in [1.54, 1.807) is 25.3 Å². The van der Waals surface area contributed by atoms with E-state index in [9.17, 15) is 14.4 Å². The molecule has 0 fully saturated rings. The number of pyridine rings is 1. The summed E-state index contributed by atoms with van der Waals surface area (Å²) < 4.78 is 6.80. The molecule has 0 aliphatic carbocycles. The quantitative estimate of drug-likeness (QED) is 0.659. The number of anilines is 1. The highest BCUT2D eigenvalue weighted by Crippen LogP contribution is 2.29. The van der Waals surface area contributed by atoms with Crippen LogP contribution in [0.25, 0.3) is 5.65 Å². The van der Waals surface area contributed by atoms with Crippen molar-refractivity contribution in [3.05, 3.63) is 62.5 Å². The van der Waals surface area contributed by atoms with Crippen LogP contribution < -0.4 is 10.9 Å². The van der Waals surface area contributed by atoms with Gasteiger partial charge in [0.15, 0.2) is 0 Å². The fourth-order valence-corrected chi connectivity index (χ4v) is 3.54. The molecule has 0 aliphatic rings. The predicted octanol–water partition coefficient (Wildman–Crippen LogP) is 3.71. The van der Waals surface area contributed by atoms with Gasteiger partial charge in [-0.25, -0.2) is 9.78 Å². The summed E-state index contributed by atoms with van der Waals surface area (Å²) >= 11 is 1.16. The van der Waals surface area contributed by atoms with E-state index in [4.69, 9.17) is 4.74 Å². The first-order valence-electron chi connectivity index (χ1n) is 9.12. The van der Waals surface area contributed by atoms with Gasteiger partial charge in [-0.3, -0.25) is 14.0 Å². The summed E-state index contributed by atoms with van der Waals surface area (Å²) in [6.45, 7) is 9.03. The minimum atomic E-state index is -0.535. The first-order chi connectivity index (χ1) is 13.5. The highest BCUT2D eigenvalue weighted by molar-refractivity contribution is 7.18. The van der Waals surface area contributed by atoms with Gasteiger partial charge in [-0.1, -0.05) is 20.8 Å². The summed E-state index contributed by atoms with van der Waals surface area (Å²) in [6.07, 6.45) is 1.66. The van der Waals surface area contributed by atoms with Gasteiger partial charge in [0.2, 0.25) is 5.91 Å². The van der Waals surface area contributed by atoms with E-state index in [1.807, 2.05) is 33.8 Å². The molecule has 7 nitrogen and oxygen atoms in total. The molecule has 3 aromatic heterocycles. The van der Waals surface area contributed by atoms with E-state index < -0.39 is 11.4 Å². The van der Waals surface area contributed by atoms with Crippen LogP contribution in [-0.2, 0) is 16.1 Å². The van der Waals surface area contributed by atoms with Crippen LogP contribution in [0, 0.1) is 19.3 Å². The maximum atomic E-state index is 12.5. The van der Waals surface area contributed by atoms with Gasteiger partial charge in [0.25, 0.3) is 5.56 Å². The molecule has 0 aromatic carbocycles. The highest BCUT2D eigenvalue weighted by Gasteiger charge is 2.23. The van der Waals surface area contributed by atoms with E-state index in [-0.39, 0.29) is 18.1 Å². The Labute approximate surface area is 172 Å². The number of amides is 1. The van der Waals surface area contributed by atoms with E-state index in [0.717, 1.165) is 16.9 Å². The van der Waals surface area contributed by atoms with Crippen LogP contribution in [0.1, 0.15) is 47.3 Å². The highest BCUT2D eigenvalue weighted by atomic mass is 32.1. The van der Waals surface area contributed by atoms with Crippen LogP contribution in [0.2, 0.25) is 0 Å². The first-order valence-corrected chi connectivity index (χ1v) is 9.94. The summed E-state index contributed by atoms with van der Waals surface area (Å²) in [6, 6.07) is 6.71. The van der Waals surface area contributed by atoms with E-state index in [0.29, 0.717) is 26.8 Å². The van der Waals surface area contributed by atoms with Gasteiger partial charge in [0, 0.05) is 17.7 Å². The third-order valence-corrected chi connectivity index (χ3v) is 5.38. The smallest absolute Gasteiger partial charge is 0.349 e. The molecular weight excluding hydrogens is 390 g/mol. The SMILES string of the molecule is Cc1ccn2c(=O)cc(COC(=O)c3sc(NC(=O)C(C)(C)C)cc3C)nc2c1. The van der Waals surface area contributed by atoms with Gasteiger partial charge in [0.1, 0.15) is 17.1 Å². The molecule has 0 unspecified atom stereocenters. The van der Waals surface area contributed by atoms with E-state index >= 15 is 0 Å². The molecule has 0 saturated carbocycles. The Morgan fingerprint density at radius 2 is 1.93 bits per heavy atom. The molecule has 0 bridgehead atoms. The van der Waals surface area contributed by atoms with Crippen LogP contribution >= 0.6 is 11.3 Å². The maximum Gasteiger partial charge on any atom is 0.349 e. The number of rotatable bonds is 4. The molecule has 3 rings (SSSR count). The van der Waals surface area contributed by atoms with Crippen molar-refractivity contribution in [3.8, 4) is 0 Å². The molecule has 8 heteroatoms. The molecule has 1 N–H and O–H groups in total. The molecular formula is C21H23N3O4S. The Morgan fingerprint density at radius 1 is 1.21 bits per heavy atom. The molecule has 0 saturated heterocycles. The van der Waals surface area contributed by atoms with Gasteiger partial charge < -0.3 is 10.1 Å². The summed E-state index contributed by atoms with van der Waals surface area (Å²) in [5.74, 6) is -0.648. The third-order valence-electron chi connectivity index (χ3n) is 4.25. The number of hydrogen-bond donors (Lipinski definition) is 1. The number of aryl methyl sites for hydroxylation is 2. The normalized spacial score (nSPS) is 11.5. The fourth-order valence-electron chi connectivity index (χ4n) is 2.58. The average molecular weight is 413 g/mol. The number of nitrogens with zero attached hydrogens (tertiary/aromatic N) is 2. The predicted molar refractivity (Wildman–Crippen MR) is 112 cm³/mol. The number of ether oxygens (including phenoxy) is 1. The molecule has 29 heavy (non-hydrogen) atoms. The Balaban J connectivity index is 1.74. The monoisotopic (exact) mass is 413 g/mol. The molecule has 0 radical (unpaired) electrons. The number of carbonyl (C=O) groups excluding carboxylic acids is 2. The number of fused-ring (bicyclic) bond motifs is 1. The van der Waals surface area contributed by atoms with Crippen molar-refractivity contribution in [2.75, 3.05) is 5.32 Å². The molecule has 0 aliphatic heterocycles. The summed E-state index contributed by atoms with van der Waals surface area (Å²) in [4.78, 5) is 41.6. The summed E-state index contributed by atoms with van der Waals surface area (Å²) in [5.41, 5.74) is 1.80. The Hall–Kier alpha value is -3.00. The lowest BCUT2D eigenvalue weighted by molar-refractivity contribution is -0.123. The van der Waals surface area contributed by atoms with Crippen LogP contribution in [0.5, 0.6) is 0 Å². The van der Waals surface area contributed by atoms with E-state index in [2.05, 4.69) is 10.3 Å². The van der Waals surface area contributed by atoms with Crippen LogP contribution in [0.4, 0.5) is 5.00 Å². The second kappa shape index (κ2) is 7.79. The lowest BCUT2D eigenvalue weighted by Crippen LogP contribution is -2.27. The Kier molecular flexibility index (Phi) is 5.57. The van der Waals surface area contributed by atoms with Crippen molar-refractivity contribution in [1.82, 2.24) is 9.38 Å². The number of esters is 1. The average Bonchev–Trinajstić information content (AvgIpc) is 2.98. The van der Waals surface area contributed by atoms with Crippen LogP contribution in [-0.4, -0.2) is 21.3 Å². The summed E-state index contributed by atoms with van der Waals surface area (Å²) in [5, 5.41) is 3.41. The fraction of sp³-hybridized carbons (Fsp3) is 0.333. The second-order valence-electron chi connectivity index (χ2n) is 7.92. The second-order valence-corrected chi connectivity index (χ2v) is 8.97. The van der Waals surface area contributed by atoms with Crippen molar-refractivity contribution >= 4 is 33.9 Å². The zero-order valence-corrected chi connectivity index (χ0v) is 17.8. The van der Waals surface area contributed by atoms with Crippen molar-refractivity contribution in [1.29, 1.82) is 0 Å². The van der Waals surface area contributed by atoms with Crippen LogP contribution in [0.3, 0.4) is 0 Å². The van der Waals surface area contributed by atoms with Gasteiger partial charge in [0.05, 0.1) is 10.7 Å². The topological polar surface area (TPSA) is 89.8 Å². The van der Waals surface area contributed by atoms with Crippen molar-refractivity contribution in [2.24, 2.45) is 5.41 Å². The standard InChI is InChI=1S/C21H23N3O4S/c1-12-6-7-24-15(8-12)22-14(10-17(24)25)11-28-19(26)18-13(2)9-16(29-18)23-20(27)21(3,4)5/h6-10H,11H2,1-5H3,(H,23,27). The van der Waals surface area contributed by atoms with Gasteiger partial charge in [-0.2, -0.15) is 0 Å². The zero-order valence-electron chi connectivity index (χ0n) is 17.0. The molecule has 1 amide bonds. The lowest BCUT2D eigenvalue weighted by atomic mass is 9.96. The Morgan fingerprint density at radius 3 is 2.62 bits per heavy atom. The largest absolute Gasteiger partial charge is 0.455 e.